The molecule has 0 radical (unpaired) electrons. The summed E-state index contributed by atoms with van der Waals surface area (Å²) in [5, 5.41) is 10.5. The Hall–Kier alpha value is -3.43. The van der Waals surface area contributed by atoms with Gasteiger partial charge in [0.15, 0.2) is 16.9 Å². The zero-order valence-electron chi connectivity index (χ0n) is 19.5. The normalized spacial score (nSPS) is 15.2. The van der Waals surface area contributed by atoms with Gasteiger partial charge in [-0.05, 0) is 41.8 Å². The topological polar surface area (TPSA) is 94.8 Å². The molecule has 8 nitrogen and oxygen atoms in total. The van der Waals surface area contributed by atoms with Gasteiger partial charge < -0.3 is 13.9 Å². The molecule has 0 saturated heterocycles. The van der Waals surface area contributed by atoms with E-state index in [2.05, 4.69) is 24.0 Å². The number of halogens is 1. The molecule has 1 amide bonds. The number of fused-ring (bicyclic) bond motifs is 2. The Balaban J connectivity index is 1.75. The molecule has 1 aliphatic heterocycles. The summed E-state index contributed by atoms with van der Waals surface area (Å²) in [6.45, 7) is 4.17. The maximum atomic E-state index is 13.7. The third kappa shape index (κ3) is 3.94. The Morgan fingerprint density at radius 3 is 2.57 bits per heavy atom. The molecule has 4 aromatic rings. The van der Waals surface area contributed by atoms with Gasteiger partial charge in [-0.15, -0.1) is 10.2 Å². The summed E-state index contributed by atoms with van der Waals surface area (Å²) in [5.41, 5.74) is 0.824. The number of rotatable bonds is 6. The van der Waals surface area contributed by atoms with E-state index in [0.717, 1.165) is 11.4 Å². The van der Waals surface area contributed by atoms with Crippen molar-refractivity contribution in [1.82, 2.24) is 10.2 Å². The van der Waals surface area contributed by atoms with E-state index in [-0.39, 0.29) is 22.3 Å². The quantitative estimate of drug-likeness (QED) is 0.348. The first kappa shape index (κ1) is 23.3. The Kier molecular flexibility index (Phi) is 5.98. The first-order chi connectivity index (χ1) is 16.8. The van der Waals surface area contributed by atoms with E-state index in [0.29, 0.717) is 38.5 Å². The lowest BCUT2D eigenvalue weighted by atomic mass is 9.98. The molecule has 0 spiro atoms. The molecule has 10 heteroatoms. The highest BCUT2D eigenvalue weighted by Crippen LogP contribution is 2.44. The number of ether oxygens (including phenoxy) is 2. The second-order valence-electron chi connectivity index (χ2n) is 8.58. The van der Waals surface area contributed by atoms with E-state index in [1.54, 1.807) is 43.5 Å². The van der Waals surface area contributed by atoms with E-state index in [4.69, 9.17) is 25.5 Å². The first-order valence-corrected chi connectivity index (χ1v) is 12.2. The molecule has 180 valence electrons. The molecular formula is C25H22ClN3O5S. The van der Waals surface area contributed by atoms with Crippen LogP contribution in [0, 0.1) is 5.92 Å². The first-order valence-electron chi connectivity index (χ1n) is 11.0. The maximum Gasteiger partial charge on any atom is 0.297 e. The van der Waals surface area contributed by atoms with Gasteiger partial charge in [-0.25, -0.2) is 0 Å². The van der Waals surface area contributed by atoms with Gasteiger partial charge in [-0.2, -0.15) is 0 Å². The van der Waals surface area contributed by atoms with Crippen LogP contribution >= 0.6 is 22.9 Å². The van der Waals surface area contributed by atoms with Crippen LogP contribution in [0.25, 0.3) is 11.0 Å². The van der Waals surface area contributed by atoms with Gasteiger partial charge in [0.2, 0.25) is 10.9 Å². The molecule has 0 aliphatic carbocycles. The van der Waals surface area contributed by atoms with E-state index in [9.17, 15) is 9.59 Å². The van der Waals surface area contributed by atoms with Gasteiger partial charge in [0, 0.05) is 11.4 Å². The number of anilines is 1. The summed E-state index contributed by atoms with van der Waals surface area (Å²) < 4.78 is 16.8. The van der Waals surface area contributed by atoms with Crippen molar-refractivity contribution in [2.24, 2.45) is 5.92 Å². The summed E-state index contributed by atoms with van der Waals surface area (Å²) in [6.07, 6.45) is 0.729. The average molecular weight is 512 g/mol. The van der Waals surface area contributed by atoms with Crippen molar-refractivity contribution in [3.63, 3.8) is 0 Å². The number of aromatic nitrogens is 2. The second kappa shape index (κ2) is 8.98. The number of amides is 1. The predicted octanol–water partition coefficient (Wildman–Crippen LogP) is 5.26. The zero-order chi connectivity index (χ0) is 24.9. The summed E-state index contributed by atoms with van der Waals surface area (Å²) in [5.74, 6) is 0.894. The lowest BCUT2D eigenvalue weighted by molar-refractivity contribution is 0.0970. The largest absolute Gasteiger partial charge is 0.493 e. The van der Waals surface area contributed by atoms with E-state index in [1.807, 2.05) is 0 Å². The SMILES string of the molecule is COc1ccc([C@H]2c3c(oc4ccc(Cl)cc4c3=O)C(=O)N2c2nnc(CC(C)C)s2)cc1OC. The number of carbonyl (C=O) groups excluding carboxylic acids is 1. The van der Waals surface area contributed by atoms with Crippen molar-refractivity contribution in [3.05, 3.63) is 73.5 Å². The van der Waals surface area contributed by atoms with Crippen molar-refractivity contribution in [2.75, 3.05) is 19.1 Å². The summed E-state index contributed by atoms with van der Waals surface area (Å²) in [4.78, 5) is 28.9. The third-order valence-corrected chi connectivity index (χ3v) is 6.98. The zero-order valence-corrected chi connectivity index (χ0v) is 21.1. The molecule has 0 saturated carbocycles. The van der Waals surface area contributed by atoms with Crippen LogP contribution in [-0.2, 0) is 6.42 Å². The van der Waals surface area contributed by atoms with Crippen LogP contribution in [0.2, 0.25) is 5.02 Å². The minimum Gasteiger partial charge on any atom is -0.493 e. The van der Waals surface area contributed by atoms with E-state index < -0.39 is 11.9 Å². The third-order valence-electron chi connectivity index (χ3n) is 5.80. The van der Waals surface area contributed by atoms with Crippen LogP contribution in [-0.4, -0.2) is 30.3 Å². The van der Waals surface area contributed by atoms with Gasteiger partial charge >= 0.3 is 0 Å². The van der Waals surface area contributed by atoms with Crippen LogP contribution in [0.3, 0.4) is 0 Å². The number of benzene rings is 2. The number of nitrogens with zero attached hydrogens (tertiary/aromatic N) is 3. The highest BCUT2D eigenvalue weighted by atomic mass is 35.5. The van der Waals surface area contributed by atoms with Gasteiger partial charge in [-0.3, -0.25) is 14.5 Å². The fourth-order valence-corrected chi connectivity index (χ4v) is 5.50. The minimum atomic E-state index is -0.795. The average Bonchev–Trinajstić information content (AvgIpc) is 3.40. The van der Waals surface area contributed by atoms with Crippen LogP contribution < -0.4 is 19.8 Å². The molecule has 2 aromatic heterocycles. The molecule has 1 aliphatic rings. The lowest BCUT2D eigenvalue weighted by Crippen LogP contribution is -2.29. The Labute approximate surface area is 210 Å². The molecule has 35 heavy (non-hydrogen) atoms. The van der Waals surface area contributed by atoms with Crippen molar-refractivity contribution in [2.45, 2.75) is 26.3 Å². The molecule has 2 aromatic carbocycles. The molecule has 0 unspecified atom stereocenters. The highest BCUT2D eigenvalue weighted by Gasteiger charge is 2.45. The molecule has 5 rings (SSSR count). The maximum absolute atomic E-state index is 13.7. The van der Waals surface area contributed by atoms with Crippen LogP contribution in [0.4, 0.5) is 5.13 Å². The number of carbonyl (C=O) groups is 1. The molecule has 0 bridgehead atoms. The van der Waals surface area contributed by atoms with Gasteiger partial charge in [0.1, 0.15) is 10.6 Å². The fourth-order valence-electron chi connectivity index (χ4n) is 4.25. The molecule has 0 N–H and O–H groups in total. The summed E-state index contributed by atoms with van der Waals surface area (Å²) in [6, 6.07) is 9.23. The standard InChI is InChI=1S/C25H22ClN3O5S/c1-12(2)9-19-27-28-25(35-19)29-21(13-5-7-17(32-3)18(10-13)33-4)20-22(30)15-11-14(26)6-8-16(15)34-23(20)24(29)31/h5-8,10-12,21H,9H2,1-4H3/t21-/m0/s1. The highest BCUT2D eigenvalue weighted by molar-refractivity contribution is 7.15. The molecule has 3 heterocycles. The van der Waals surface area contributed by atoms with Crippen molar-refractivity contribution in [1.29, 1.82) is 0 Å². The Morgan fingerprint density at radius 2 is 1.86 bits per heavy atom. The van der Waals surface area contributed by atoms with Crippen molar-refractivity contribution >= 4 is 44.9 Å². The molecular weight excluding hydrogens is 490 g/mol. The summed E-state index contributed by atoms with van der Waals surface area (Å²) >= 11 is 7.48. The lowest BCUT2D eigenvalue weighted by Gasteiger charge is -2.23. The van der Waals surface area contributed by atoms with Gasteiger partial charge in [-0.1, -0.05) is 42.9 Å². The summed E-state index contributed by atoms with van der Waals surface area (Å²) in [7, 11) is 3.07. The number of methoxy groups -OCH3 is 2. The van der Waals surface area contributed by atoms with Gasteiger partial charge in [0.25, 0.3) is 5.91 Å². The monoisotopic (exact) mass is 511 g/mol. The van der Waals surface area contributed by atoms with Crippen molar-refractivity contribution < 1.29 is 18.7 Å². The smallest absolute Gasteiger partial charge is 0.297 e. The van der Waals surface area contributed by atoms with Crippen LogP contribution in [0.15, 0.2) is 45.6 Å². The van der Waals surface area contributed by atoms with Crippen molar-refractivity contribution in [3.8, 4) is 11.5 Å². The van der Waals surface area contributed by atoms with Crippen LogP contribution in [0.1, 0.15) is 46.6 Å². The number of hydrogen-bond acceptors (Lipinski definition) is 8. The van der Waals surface area contributed by atoms with E-state index >= 15 is 0 Å². The Morgan fingerprint density at radius 1 is 1.09 bits per heavy atom. The second-order valence-corrected chi connectivity index (χ2v) is 10.1. The Bertz CT molecular complexity index is 1510. The fraction of sp³-hybridized carbons (Fsp3) is 0.280. The van der Waals surface area contributed by atoms with Gasteiger partial charge in [0.05, 0.1) is 31.2 Å². The van der Waals surface area contributed by atoms with Crippen LogP contribution in [0.5, 0.6) is 11.5 Å². The predicted molar refractivity (Wildman–Crippen MR) is 134 cm³/mol. The van der Waals surface area contributed by atoms with E-state index in [1.165, 1.54) is 23.3 Å². The molecule has 1 atom stereocenters. The molecule has 0 fully saturated rings. The minimum absolute atomic E-state index is 0.0229. The number of hydrogen-bond donors (Lipinski definition) is 0.